The highest BCUT2D eigenvalue weighted by Crippen LogP contribution is 2.51. The molecule has 2 aromatic heterocycles. The van der Waals surface area contributed by atoms with Gasteiger partial charge in [-0.3, -0.25) is 0 Å². The van der Waals surface area contributed by atoms with E-state index in [1.165, 1.54) is 6.20 Å². The van der Waals surface area contributed by atoms with Crippen molar-refractivity contribution in [1.29, 1.82) is 0 Å². The third-order valence-electron chi connectivity index (χ3n) is 4.72. The van der Waals surface area contributed by atoms with Crippen molar-refractivity contribution in [3.05, 3.63) is 71.0 Å². The van der Waals surface area contributed by atoms with Gasteiger partial charge in [-0.1, -0.05) is 17.7 Å². The number of aliphatic imine (C=N–C) groups is 1. The minimum Gasteiger partial charge on any atom is -0.462 e. The van der Waals surface area contributed by atoms with Crippen LogP contribution < -0.4 is 10.5 Å². The number of fused-ring (bicyclic) bond motifs is 4. The fourth-order valence-corrected chi connectivity index (χ4v) is 3.66. The highest BCUT2D eigenvalue weighted by molar-refractivity contribution is 6.29. The van der Waals surface area contributed by atoms with Crippen molar-refractivity contribution in [2.45, 2.75) is 5.54 Å². The predicted octanol–water partition coefficient (Wildman–Crippen LogP) is 3.63. The van der Waals surface area contributed by atoms with Crippen LogP contribution in [0.1, 0.15) is 11.1 Å². The molecular formula is C19H12ClFN4O2. The summed E-state index contributed by atoms with van der Waals surface area (Å²) in [5.74, 6) is 0.539. The minimum absolute atomic E-state index is 0.0692. The molecule has 4 heterocycles. The zero-order valence-corrected chi connectivity index (χ0v) is 14.6. The number of benzene rings is 1. The summed E-state index contributed by atoms with van der Waals surface area (Å²) in [6.45, 7) is 0.182. The average molecular weight is 383 g/mol. The van der Waals surface area contributed by atoms with Gasteiger partial charge >= 0.3 is 0 Å². The molecule has 0 amide bonds. The van der Waals surface area contributed by atoms with Crippen LogP contribution in [0.3, 0.4) is 0 Å². The zero-order chi connectivity index (χ0) is 18.6. The van der Waals surface area contributed by atoms with Gasteiger partial charge in [0, 0.05) is 22.9 Å². The molecule has 6 nitrogen and oxygen atoms in total. The van der Waals surface area contributed by atoms with Crippen LogP contribution in [-0.4, -0.2) is 22.6 Å². The molecule has 3 aromatic rings. The molecule has 27 heavy (non-hydrogen) atoms. The molecule has 2 aliphatic rings. The van der Waals surface area contributed by atoms with Gasteiger partial charge in [0.05, 0.1) is 6.20 Å². The van der Waals surface area contributed by atoms with Crippen LogP contribution in [0, 0.1) is 5.95 Å². The highest BCUT2D eigenvalue weighted by Gasteiger charge is 2.47. The van der Waals surface area contributed by atoms with E-state index in [0.717, 1.165) is 0 Å². The molecule has 0 saturated carbocycles. The molecule has 0 radical (unpaired) electrons. The second-order valence-electron chi connectivity index (χ2n) is 6.26. The van der Waals surface area contributed by atoms with Gasteiger partial charge in [0.25, 0.3) is 6.02 Å². The molecule has 5 rings (SSSR count). The number of halogens is 2. The van der Waals surface area contributed by atoms with Crippen molar-refractivity contribution >= 4 is 17.6 Å². The Morgan fingerprint density at radius 1 is 1.11 bits per heavy atom. The number of ether oxygens (including phenoxy) is 2. The first-order valence-electron chi connectivity index (χ1n) is 8.14. The van der Waals surface area contributed by atoms with Gasteiger partial charge in [-0.05, 0) is 35.9 Å². The predicted molar refractivity (Wildman–Crippen MR) is 97.3 cm³/mol. The van der Waals surface area contributed by atoms with E-state index in [4.69, 9.17) is 26.8 Å². The lowest BCUT2D eigenvalue weighted by molar-refractivity contribution is 0.264. The van der Waals surface area contributed by atoms with Gasteiger partial charge in [-0.15, -0.1) is 0 Å². The molecule has 1 aromatic carbocycles. The number of amidine groups is 1. The minimum atomic E-state index is -0.936. The van der Waals surface area contributed by atoms with Crippen LogP contribution in [-0.2, 0) is 10.3 Å². The topological polar surface area (TPSA) is 82.6 Å². The maximum atomic E-state index is 14.2. The quantitative estimate of drug-likeness (QED) is 0.650. The molecule has 1 atom stereocenters. The van der Waals surface area contributed by atoms with Crippen LogP contribution >= 0.6 is 11.6 Å². The van der Waals surface area contributed by atoms with E-state index >= 15 is 0 Å². The van der Waals surface area contributed by atoms with E-state index in [2.05, 4.69) is 15.0 Å². The van der Waals surface area contributed by atoms with Crippen LogP contribution in [0.25, 0.3) is 11.1 Å². The van der Waals surface area contributed by atoms with Gasteiger partial charge in [0.2, 0.25) is 5.95 Å². The van der Waals surface area contributed by atoms with E-state index in [9.17, 15) is 4.39 Å². The lowest BCUT2D eigenvalue weighted by Gasteiger charge is -2.33. The second kappa shape index (κ2) is 5.65. The maximum absolute atomic E-state index is 14.2. The molecule has 1 spiro atoms. The van der Waals surface area contributed by atoms with Crippen LogP contribution in [0.4, 0.5) is 4.39 Å². The molecule has 2 N–H and O–H groups in total. The number of rotatable bonds is 1. The van der Waals surface area contributed by atoms with Gasteiger partial charge in [-0.2, -0.15) is 4.39 Å². The Kier molecular flexibility index (Phi) is 3.35. The van der Waals surface area contributed by atoms with Crippen molar-refractivity contribution in [3.8, 4) is 22.6 Å². The summed E-state index contributed by atoms with van der Waals surface area (Å²) in [7, 11) is 0. The lowest BCUT2D eigenvalue weighted by Crippen LogP contribution is -2.31. The number of aromatic nitrogens is 2. The zero-order valence-electron chi connectivity index (χ0n) is 13.8. The SMILES string of the molecule is NC1=NC2(CO1)c1cc(-c3cccnc3F)ccc1Oc1cnc(Cl)cc12. The summed E-state index contributed by atoms with van der Waals surface area (Å²) in [4.78, 5) is 12.4. The first-order chi connectivity index (χ1) is 13.1. The smallest absolute Gasteiger partial charge is 0.283 e. The summed E-state index contributed by atoms with van der Waals surface area (Å²) >= 11 is 6.10. The number of pyridine rings is 2. The molecule has 1 unspecified atom stereocenters. The monoisotopic (exact) mass is 382 g/mol. The van der Waals surface area contributed by atoms with Crippen LogP contribution in [0.15, 0.2) is 53.8 Å². The van der Waals surface area contributed by atoms with Crippen molar-refractivity contribution in [3.63, 3.8) is 0 Å². The first kappa shape index (κ1) is 16.0. The van der Waals surface area contributed by atoms with Crippen molar-refractivity contribution in [2.24, 2.45) is 10.7 Å². The highest BCUT2D eigenvalue weighted by atomic mass is 35.5. The van der Waals surface area contributed by atoms with Crippen LogP contribution in [0.5, 0.6) is 11.5 Å². The Morgan fingerprint density at radius 2 is 1.96 bits per heavy atom. The van der Waals surface area contributed by atoms with Crippen LogP contribution in [0.2, 0.25) is 5.15 Å². The summed E-state index contributed by atoms with van der Waals surface area (Å²) in [6, 6.07) is 10.4. The normalized spacial score (nSPS) is 19.7. The third-order valence-corrected chi connectivity index (χ3v) is 4.93. The largest absolute Gasteiger partial charge is 0.462 e. The van der Waals surface area contributed by atoms with E-state index in [1.807, 2.05) is 6.07 Å². The summed E-state index contributed by atoms with van der Waals surface area (Å²) < 4.78 is 25.7. The number of nitrogens with zero attached hydrogens (tertiary/aromatic N) is 3. The molecule has 8 heteroatoms. The summed E-state index contributed by atoms with van der Waals surface area (Å²) in [6.07, 6.45) is 2.95. The Morgan fingerprint density at radius 3 is 2.74 bits per heavy atom. The summed E-state index contributed by atoms with van der Waals surface area (Å²) in [5.41, 5.74) is 7.32. The molecule has 0 saturated heterocycles. The van der Waals surface area contributed by atoms with Crippen molar-refractivity contribution in [1.82, 2.24) is 9.97 Å². The fraction of sp³-hybridized carbons (Fsp3) is 0.105. The third kappa shape index (κ3) is 2.35. The maximum Gasteiger partial charge on any atom is 0.283 e. The van der Waals surface area contributed by atoms with E-state index in [0.29, 0.717) is 38.9 Å². The first-order valence-corrected chi connectivity index (χ1v) is 8.52. The second-order valence-corrected chi connectivity index (χ2v) is 6.64. The molecule has 2 aliphatic heterocycles. The van der Waals surface area contributed by atoms with Gasteiger partial charge < -0.3 is 15.2 Å². The Labute approximate surface area is 158 Å². The van der Waals surface area contributed by atoms with Crippen molar-refractivity contribution in [2.75, 3.05) is 6.61 Å². The number of nitrogens with two attached hydrogens (primary N) is 1. The van der Waals surface area contributed by atoms with Gasteiger partial charge in [0.15, 0.2) is 11.3 Å². The van der Waals surface area contributed by atoms with Gasteiger partial charge in [-0.25, -0.2) is 15.0 Å². The average Bonchev–Trinajstić information content (AvgIpc) is 3.06. The summed E-state index contributed by atoms with van der Waals surface area (Å²) in [5, 5.41) is 0.301. The van der Waals surface area contributed by atoms with Crippen molar-refractivity contribution < 1.29 is 13.9 Å². The standard InChI is InChI=1S/C19H12ClFN4O2/c20-16-7-13-15(8-24-16)27-14-4-3-10(11-2-1-5-23-17(11)21)6-12(14)19(13)9-26-18(22)25-19/h1-8H,9H2,(H2,22,25). The molecule has 0 bridgehead atoms. The van der Waals surface area contributed by atoms with Gasteiger partial charge in [0.1, 0.15) is 17.5 Å². The number of hydrogen-bond donors (Lipinski definition) is 1. The fourth-order valence-electron chi connectivity index (χ4n) is 3.50. The molecule has 134 valence electrons. The Hall–Kier alpha value is -3.19. The number of hydrogen-bond acceptors (Lipinski definition) is 6. The Bertz CT molecular complexity index is 1120. The molecular weight excluding hydrogens is 371 g/mol. The molecule has 0 aliphatic carbocycles. The van der Waals surface area contributed by atoms with E-state index < -0.39 is 11.5 Å². The molecule has 0 fully saturated rings. The Balaban J connectivity index is 1.76. The van der Waals surface area contributed by atoms with E-state index in [1.54, 1.807) is 36.5 Å². The van der Waals surface area contributed by atoms with E-state index in [-0.39, 0.29) is 12.6 Å². The lowest BCUT2D eigenvalue weighted by atomic mass is 9.81.